The van der Waals surface area contributed by atoms with Gasteiger partial charge in [-0.15, -0.1) is 11.3 Å². The third-order valence-electron chi connectivity index (χ3n) is 2.39. The zero-order chi connectivity index (χ0) is 13.8. The second-order valence-electron chi connectivity index (χ2n) is 3.61. The molecule has 0 aliphatic heterocycles. The Bertz CT molecular complexity index is 661. The first-order chi connectivity index (χ1) is 9.13. The van der Waals surface area contributed by atoms with Crippen molar-refractivity contribution >= 4 is 34.5 Å². The molecule has 2 aromatic rings. The Hall–Kier alpha value is -2.03. The van der Waals surface area contributed by atoms with Crippen molar-refractivity contribution in [3.05, 3.63) is 45.1 Å². The Kier molecular flexibility index (Phi) is 4.05. The van der Waals surface area contributed by atoms with Crippen LogP contribution in [0.1, 0.15) is 15.2 Å². The van der Waals surface area contributed by atoms with E-state index in [1.54, 1.807) is 29.6 Å². The number of ether oxygens (including phenoxy) is 1. The Morgan fingerprint density at radius 3 is 2.89 bits per heavy atom. The van der Waals surface area contributed by atoms with Gasteiger partial charge in [0.1, 0.15) is 11.8 Å². The molecule has 0 radical (unpaired) electrons. The maximum atomic E-state index is 12.0. The summed E-state index contributed by atoms with van der Waals surface area (Å²) < 4.78 is 5.02. The Morgan fingerprint density at radius 2 is 2.26 bits per heavy atom. The molecule has 96 valence electrons. The fourth-order valence-corrected chi connectivity index (χ4v) is 2.37. The largest absolute Gasteiger partial charge is 0.496 e. The molecule has 0 saturated carbocycles. The highest BCUT2D eigenvalue weighted by atomic mass is 35.5. The smallest absolute Gasteiger partial charge is 0.265 e. The normalized spacial score (nSPS) is 9.74. The van der Waals surface area contributed by atoms with Gasteiger partial charge in [0, 0.05) is 16.5 Å². The van der Waals surface area contributed by atoms with E-state index in [0.29, 0.717) is 26.9 Å². The lowest BCUT2D eigenvalue weighted by atomic mass is 10.2. The van der Waals surface area contributed by atoms with Crippen LogP contribution < -0.4 is 10.1 Å². The summed E-state index contributed by atoms with van der Waals surface area (Å²) in [6, 6.07) is 8.34. The van der Waals surface area contributed by atoms with Gasteiger partial charge in [0.05, 0.1) is 23.2 Å². The topological polar surface area (TPSA) is 62.1 Å². The van der Waals surface area contributed by atoms with Gasteiger partial charge in [-0.05, 0) is 18.2 Å². The molecule has 4 nitrogen and oxygen atoms in total. The molecular formula is C13H9ClN2O2S. The van der Waals surface area contributed by atoms with Gasteiger partial charge in [-0.25, -0.2) is 0 Å². The molecular weight excluding hydrogens is 284 g/mol. The Labute approximate surface area is 119 Å². The molecule has 0 saturated heterocycles. The van der Waals surface area contributed by atoms with Gasteiger partial charge in [0.2, 0.25) is 0 Å². The lowest BCUT2D eigenvalue weighted by molar-refractivity contribution is 0.103. The van der Waals surface area contributed by atoms with Crippen molar-refractivity contribution in [2.45, 2.75) is 0 Å². The lowest BCUT2D eigenvalue weighted by Crippen LogP contribution is -2.11. The molecule has 1 N–H and O–H groups in total. The van der Waals surface area contributed by atoms with Crippen molar-refractivity contribution in [2.24, 2.45) is 0 Å². The standard InChI is InChI=1S/C13H9ClN2O2S/c1-18-10-5-12(19-7-10)13(17)16-11-4-9(14)3-2-8(11)6-15/h2-5,7H,1H3,(H,16,17). The second kappa shape index (κ2) is 5.74. The van der Waals surface area contributed by atoms with Crippen molar-refractivity contribution < 1.29 is 9.53 Å². The number of hydrogen-bond acceptors (Lipinski definition) is 4. The summed E-state index contributed by atoms with van der Waals surface area (Å²) in [5.41, 5.74) is 0.758. The van der Waals surface area contributed by atoms with Crippen LogP contribution in [0.25, 0.3) is 0 Å². The minimum atomic E-state index is -0.299. The maximum Gasteiger partial charge on any atom is 0.265 e. The van der Waals surface area contributed by atoms with Gasteiger partial charge < -0.3 is 10.1 Å². The highest BCUT2D eigenvalue weighted by Gasteiger charge is 2.12. The number of rotatable bonds is 3. The highest BCUT2D eigenvalue weighted by molar-refractivity contribution is 7.12. The average Bonchev–Trinajstić information content (AvgIpc) is 2.88. The van der Waals surface area contributed by atoms with Crippen LogP contribution in [0.2, 0.25) is 5.02 Å². The molecule has 0 atom stereocenters. The van der Waals surface area contributed by atoms with E-state index < -0.39 is 0 Å². The zero-order valence-corrected chi connectivity index (χ0v) is 11.5. The summed E-state index contributed by atoms with van der Waals surface area (Å²) in [5.74, 6) is 0.328. The van der Waals surface area contributed by atoms with E-state index in [-0.39, 0.29) is 5.91 Å². The van der Waals surface area contributed by atoms with Crippen molar-refractivity contribution in [3.8, 4) is 11.8 Å². The van der Waals surface area contributed by atoms with Crippen LogP contribution in [0.15, 0.2) is 29.6 Å². The summed E-state index contributed by atoms with van der Waals surface area (Å²) in [7, 11) is 1.54. The van der Waals surface area contributed by atoms with Crippen molar-refractivity contribution in [2.75, 3.05) is 12.4 Å². The summed E-state index contributed by atoms with van der Waals surface area (Å²) in [5, 5.41) is 13.8. The number of thiophene rings is 1. The molecule has 0 bridgehead atoms. The van der Waals surface area contributed by atoms with Crippen LogP contribution in [-0.2, 0) is 0 Å². The molecule has 1 heterocycles. The summed E-state index contributed by atoms with van der Waals surface area (Å²) >= 11 is 7.12. The quantitative estimate of drug-likeness (QED) is 0.941. The first kappa shape index (κ1) is 13.4. The van der Waals surface area contributed by atoms with E-state index in [1.165, 1.54) is 18.4 Å². The third kappa shape index (κ3) is 3.05. The molecule has 1 aromatic carbocycles. The molecule has 19 heavy (non-hydrogen) atoms. The zero-order valence-electron chi connectivity index (χ0n) is 9.94. The lowest BCUT2D eigenvalue weighted by Gasteiger charge is -2.06. The minimum Gasteiger partial charge on any atom is -0.496 e. The molecule has 2 rings (SSSR count). The van der Waals surface area contributed by atoms with E-state index in [4.69, 9.17) is 21.6 Å². The number of benzene rings is 1. The summed E-state index contributed by atoms with van der Waals surface area (Å²) in [4.78, 5) is 12.5. The number of halogens is 1. The number of amides is 1. The number of nitrogens with zero attached hydrogens (tertiary/aromatic N) is 1. The van der Waals surface area contributed by atoms with Crippen molar-refractivity contribution in [1.82, 2.24) is 0 Å². The highest BCUT2D eigenvalue weighted by Crippen LogP contribution is 2.24. The number of carbonyl (C=O) groups is 1. The second-order valence-corrected chi connectivity index (χ2v) is 4.95. The summed E-state index contributed by atoms with van der Waals surface area (Å²) in [6.07, 6.45) is 0. The number of methoxy groups -OCH3 is 1. The van der Waals surface area contributed by atoms with Gasteiger partial charge in [0.25, 0.3) is 5.91 Å². The fourth-order valence-electron chi connectivity index (χ4n) is 1.45. The predicted octanol–water partition coefficient (Wildman–Crippen LogP) is 3.53. The monoisotopic (exact) mass is 292 g/mol. The third-order valence-corrected chi connectivity index (χ3v) is 3.53. The van der Waals surface area contributed by atoms with E-state index in [9.17, 15) is 4.79 Å². The van der Waals surface area contributed by atoms with E-state index in [2.05, 4.69) is 5.32 Å². The molecule has 0 fully saturated rings. The van der Waals surface area contributed by atoms with Gasteiger partial charge in [0.15, 0.2) is 0 Å². The van der Waals surface area contributed by atoms with Gasteiger partial charge in [-0.1, -0.05) is 11.6 Å². The van der Waals surface area contributed by atoms with Crippen molar-refractivity contribution in [3.63, 3.8) is 0 Å². The molecule has 0 aliphatic carbocycles. The number of carbonyl (C=O) groups excluding carboxylic acids is 1. The SMILES string of the molecule is COc1csc(C(=O)Nc2cc(Cl)ccc2C#N)c1. The van der Waals surface area contributed by atoms with Gasteiger partial charge in [-0.3, -0.25) is 4.79 Å². The molecule has 0 unspecified atom stereocenters. The Balaban J connectivity index is 2.23. The minimum absolute atomic E-state index is 0.299. The van der Waals surface area contributed by atoms with Gasteiger partial charge in [-0.2, -0.15) is 5.26 Å². The number of nitriles is 1. The average molecular weight is 293 g/mol. The van der Waals surface area contributed by atoms with E-state index in [0.717, 1.165) is 0 Å². The Morgan fingerprint density at radius 1 is 1.47 bits per heavy atom. The number of anilines is 1. The van der Waals surface area contributed by atoms with Crippen LogP contribution in [0, 0.1) is 11.3 Å². The molecule has 1 aromatic heterocycles. The first-order valence-corrected chi connectivity index (χ1v) is 6.53. The molecule has 0 spiro atoms. The maximum absolute atomic E-state index is 12.0. The van der Waals surface area contributed by atoms with Crippen molar-refractivity contribution in [1.29, 1.82) is 5.26 Å². The summed E-state index contributed by atoms with van der Waals surface area (Å²) in [6.45, 7) is 0. The van der Waals surface area contributed by atoms with E-state index >= 15 is 0 Å². The molecule has 0 aliphatic rings. The van der Waals surface area contributed by atoms with Crippen LogP contribution in [-0.4, -0.2) is 13.0 Å². The molecule has 6 heteroatoms. The fraction of sp³-hybridized carbons (Fsp3) is 0.0769. The first-order valence-electron chi connectivity index (χ1n) is 5.27. The van der Waals surface area contributed by atoms with Crippen LogP contribution >= 0.6 is 22.9 Å². The van der Waals surface area contributed by atoms with Crippen LogP contribution in [0.4, 0.5) is 5.69 Å². The molecule has 1 amide bonds. The predicted molar refractivity (Wildman–Crippen MR) is 75.0 cm³/mol. The van der Waals surface area contributed by atoms with Crippen LogP contribution in [0.5, 0.6) is 5.75 Å². The van der Waals surface area contributed by atoms with Crippen LogP contribution in [0.3, 0.4) is 0 Å². The van der Waals surface area contributed by atoms with Gasteiger partial charge >= 0.3 is 0 Å². The van der Waals surface area contributed by atoms with E-state index in [1.807, 2.05) is 6.07 Å². The number of nitrogens with one attached hydrogen (secondary N) is 1. The number of hydrogen-bond donors (Lipinski definition) is 1.